The highest BCUT2D eigenvalue weighted by Gasteiger charge is 2.39. The number of phenolic OH excluding ortho intramolecular Hbond substituents is 1. The van der Waals surface area contributed by atoms with E-state index in [1.54, 1.807) is 0 Å². The molecule has 3 amide bonds. The highest BCUT2D eigenvalue weighted by Crippen LogP contribution is 2.24. The van der Waals surface area contributed by atoms with Crippen molar-refractivity contribution in [1.82, 2.24) is 10.9 Å². The zero-order chi connectivity index (χ0) is 27.4. The highest BCUT2D eigenvalue weighted by molar-refractivity contribution is 6.42. The van der Waals surface area contributed by atoms with Gasteiger partial charge in [-0.15, -0.1) is 0 Å². The van der Waals surface area contributed by atoms with E-state index in [0.29, 0.717) is 0 Å². The van der Waals surface area contributed by atoms with Gasteiger partial charge in [-0.25, -0.2) is 15.1 Å². The lowest BCUT2D eigenvalue weighted by Gasteiger charge is -2.16. The van der Waals surface area contributed by atoms with Crippen LogP contribution < -0.4 is 15.8 Å². The molecule has 0 spiro atoms. The minimum Gasteiger partial charge on any atom is -0.508 e. The Morgan fingerprint density at radius 2 is 1.53 bits per heavy atom. The second-order valence-electron chi connectivity index (χ2n) is 8.14. The number of carbonyl (C=O) groups excluding carboxylic acids is 5. The van der Waals surface area contributed by atoms with Gasteiger partial charge in [0, 0.05) is 11.1 Å². The number of imide groups is 1. The van der Waals surface area contributed by atoms with Crippen molar-refractivity contribution < 1.29 is 33.8 Å². The Kier molecular flexibility index (Phi) is 8.06. The molecule has 1 aliphatic heterocycles. The molecular weight excluding hydrogens is 537 g/mol. The molecule has 0 aliphatic carbocycles. The lowest BCUT2D eigenvalue weighted by Crippen LogP contribution is -2.48. The number of rotatable bonds is 8. The fraction of sp³-hybridized carbons (Fsp3) is 0.115. The molecule has 3 aromatic carbocycles. The van der Waals surface area contributed by atoms with E-state index in [1.165, 1.54) is 66.7 Å². The van der Waals surface area contributed by atoms with Crippen molar-refractivity contribution in [2.45, 2.75) is 12.5 Å². The summed E-state index contributed by atoms with van der Waals surface area (Å²) in [5, 5.41) is 9.80. The molecule has 0 bridgehead atoms. The minimum absolute atomic E-state index is 0.00205. The van der Waals surface area contributed by atoms with E-state index in [9.17, 15) is 29.1 Å². The van der Waals surface area contributed by atoms with Crippen molar-refractivity contribution >= 4 is 58.4 Å². The Labute approximate surface area is 226 Å². The second-order valence-corrected chi connectivity index (χ2v) is 8.96. The first-order valence-electron chi connectivity index (χ1n) is 11.1. The molecule has 1 heterocycles. The molecule has 1 unspecified atom stereocenters. The number of hydrogen-bond acceptors (Lipinski definition) is 8. The summed E-state index contributed by atoms with van der Waals surface area (Å²) in [6, 6.07) is 14.3. The van der Waals surface area contributed by atoms with Crippen molar-refractivity contribution in [3.63, 3.8) is 0 Å². The Morgan fingerprint density at radius 3 is 2.18 bits per heavy atom. The zero-order valence-corrected chi connectivity index (χ0v) is 21.0. The summed E-state index contributed by atoms with van der Waals surface area (Å²) < 4.78 is 5.06. The van der Waals surface area contributed by atoms with Gasteiger partial charge in [0.15, 0.2) is 12.4 Å². The van der Waals surface area contributed by atoms with Crippen molar-refractivity contribution in [1.29, 1.82) is 0 Å². The van der Waals surface area contributed by atoms with Crippen molar-refractivity contribution in [3.8, 4) is 5.75 Å². The molecule has 0 saturated carbocycles. The maximum Gasteiger partial charge on any atom is 0.338 e. The number of nitrogens with zero attached hydrogens (tertiary/aromatic N) is 1. The predicted molar refractivity (Wildman–Crippen MR) is 137 cm³/mol. The van der Waals surface area contributed by atoms with Crippen molar-refractivity contribution in [2.75, 3.05) is 11.5 Å². The van der Waals surface area contributed by atoms with Gasteiger partial charge in [-0.05, 0) is 66.7 Å². The number of esters is 1. The quantitative estimate of drug-likeness (QED) is 0.166. The predicted octanol–water partition coefficient (Wildman–Crippen LogP) is 3.31. The number of Topliss-reactive ketones (excluding diaryl/α,β-unsaturated/α-hetero) is 1. The van der Waals surface area contributed by atoms with Gasteiger partial charge >= 0.3 is 5.97 Å². The van der Waals surface area contributed by atoms with Crippen LogP contribution in [0.1, 0.15) is 37.5 Å². The van der Waals surface area contributed by atoms with E-state index >= 15 is 0 Å². The number of halogens is 2. The number of hydrazine groups is 1. The van der Waals surface area contributed by atoms with Gasteiger partial charge in [0.1, 0.15) is 11.8 Å². The molecular formula is C26H19Cl2N3O7. The molecule has 0 radical (unpaired) electrons. The van der Waals surface area contributed by atoms with Gasteiger partial charge in [0.2, 0.25) is 5.91 Å². The third-order valence-corrected chi connectivity index (χ3v) is 6.31. The number of ether oxygens (including phenoxy) is 1. The molecule has 1 fully saturated rings. The van der Waals surface area contributed by atoms with Gasteiger partial charge in [-0.1, -0.05) is 23.2 Å². The van der Waals surface area contributed by atoms with E-state index in [1.807, 2.05) is 0 Å². The van der Waals surface area contributed by atoms with Gasteiger partial charge in [0.25, 0.3) is 11.8 Å². The number of phenols is 1. The number of anilines is 1. The molecule has 3 aromatic rings. The minimum atomic E-state index is -0.999. The maximum absolute atomic E-state index is 12.8. The summed E-state index contributed by atoms with van der Waals surface area (Å²) in [5.41, 5.74) is 5.73. The molecule has 10 nitrogen and oxygen atoms in total. The molecule has 0 aromatic heterocycles. The van der Waals surface area contributed by atoms with Gasteiger partial charge < -0.3 is 9.84 Å². The van der Waals surface area contributed by atoms with Crippen LogP contribution >= 0.6 is 23.2 Å². The Hall–Kier alpha value is -4.25. The first kappa shape index (κ1) is 26.8. The van der Waals surface area contributed by atoms with Crippen LogP contribution in [0.3, 0.4) is 0 Å². The van der Waals surface area contributed by atoms with E-state index in [4.69, 9.17) is 27.9 Å². The normalized spacial score (nSPS) is 14.9. The number of ketones is 1. The zero-order valence-electron chi connectivity index (χ0n) is 19.4. The summed E-state index contributed by atoms with van der Waals surface area (Å²) >= 11 is 11.7. The van der Waals surface area contributed by atoms with Crippen LogP contribution in [0.5, 0.6) is 5.75 Å². The number of benzene rings is 3. The van der Waals surface area contributed by atoms with Gasteiger partial charge in [0.05, 0.1) is 27.7 Å². The smallest absolute Gasteiger partial charge is 0.338 e. The molecule has 1 saturated heterocycles. The second kappa shape index (κ2) is 11.4. The SMILES string of the molecule is O=C(COC(=O)c1ccc(N2C(=O)CC(NNC(=O)c3ccc(O)cc3)C2=O)cc1)c1ccc(Cl)c(Cl)c1. The molecule has 12 heteroatoms. The summed E-state index contributed by atoms with van der Waals surface area (Å²) in [6.07, 6.45) is -0.199. The summed E-state index contributed by atoms with van der Waals surface area (Å²) in [7, 11) is 0. The van der Waals surface area contributed by atoms with Gasteiger partial charge in [-0.2, -0.15) is 0 Å². The van der Waals surface area contributed by atoms with E-state index < -0.39 is 42.1 Å². The van der Waals surface area contributed by atoms with E-state index in [2.05, 4.69) is 10.9 Å². The number of hydrogen-bond donors (Lipinski definition) is 3. The molecule has 3 N–H and O–H groups in total. The number of nitrogens with one attached hydrogen (secondary N) is 2. The van der Waals surface area contributed by atoms with E-state index in [-0.39, 0.29) is 44.6 Å². The fourth-order valence-corrected chi connectivity index (χ4v) is 3.87. The maximum atomic E-state index is 12.8. The highest BCUT2D eigenvalue weighted by atomic mass is 35.5. The lowest BCUT2D eigenvalue weighted by atomic mass is 10.1. The summed E-state index contributed by atoms with van der Waals surface area (Å²) in [4.78, 5) is 63.1. The molecule has 38 heavy (non-hydrogen) atoms. The van der Waals surface area contributed by atoms with Crippen LogP contribution in [0.15, 0.2) is 66.7 Å². The third-order valence-electron chi connectivity index (χ3n) is 5.57. The lowest BCUT2D eigenvalue weighted by molar-refractivity contribution is -0.121. The third kappa shape index (κ3) is 6.00. The average Bonchev–Trinajstić information content (AvgIpc) is 3.20. The van der Waals surface area contributed by atoms with Gasteiger partial charge in [-0.3, -0.25) is 24.6 Å². The molecule has 1 atom stereocenters. The summed E-state index contributed by atoms with van der Waals surface area (Å²) in [5.74, 6) is -2.90. The van der Waals surface area contributed by atoms with E-state index in [0.717, 1.165) is 4.90 Å². The van der Waals surface area contributed by atoms with Crippen LogP contribution in [-0.2, 0) is 14.3 Å². The van der Waals surface area contributed by atoms with Crippen LogP contribution in [0.2, 0.25) is 10.0 Å². The Balaban J connectivity index is 1.33. The fourth-order valence-electron chi connectivity index (χ4n) is 3.57. The standard InChI is InChI=1S/C26H19Cl2N3O7/c27-19-10-5-16(11-20(19)28)22(33)13-38-26(37)15-1-6-17(7-2-15)31-23(34)12-21(25(31)36)29-30-24(35)14-3-8-18(32)9-4-14/h1-11,21,29,32H,12-13H2,(H,30,35). The van der Waals surface area contributed by atoms with Crippen LogP contribution in [0.4, 0.5) is 5.69 Å². The summed E-state index contributed by atoms with van der Waals surface area (Å²) in [6.45, 7) is -0.523. The largest absolute Gasteiger partial charge is 0.508 e. The van der Waals surface area contributed by atoms with Crippen molar-refractivity contribution in [2.24, 2.45) is 0 Å². The number of aromatic hydroxyl groups is 1. The first-order chi connectivity index (χ1) is 18.1. The van der Waals surface area contributed by atoms with Crippen molar-refractivity contribution in [3.05, 3.63) is 93.5 Å². The topological polar surface area (TPSA) is 142 Å². The first-order valence-corrected chi connectivity index (χ1v) is 11.9. The monoisotopic (exact) mass is 555 g/mol. The molecule has 1 aliphatic rings. The Bertz CT molecular complexity index is 1430. The number of amides is 3. The molecule has 4 rings (SSSR count). The van der Waals surface area contributed by atoms with Crippen LogP contribution in [0.25, 0.3) is 0 Å². The van der Waals surface area contributed by atoms with Crippen LogP contribution in [-0.4, -0.2) is 47.2 Å². The molecule has 194 valence electrons. The average molecular weight is 556 g/mol. The Morgan fingerprint density at radius 1 is 0.895 bits per heavy atom. The number of carbonyl (C=O) groups is 5. The van der Waals surface area contributed by atoms with Crippen LogP contribution in [0, 0.1) is 0 Å².